The molecule has 1 atom stereocenters. The van der Waals surface area contributed by atoms with Crippen molar-refractivity contribution in [3.8, 4) is 0 Å². The highest BCUT2D eigenvalue weighted by Gasteiger charge is 2.03. The van der Waals surface area contributed by atoms with Gasteiger partial charge in [0.25, 0.3) is 0 Å². The number of hydrogen-bond donors (Lipinski definition) is 1. The Labute approximate surface area is 100 Å². The molecule has 0 saturated carbocycles. The van der Waals surface area contributed by atoms with Gasteiger partial charge in [0.05, 0.1) is 0 Å². The summed E-state index contributed by atoms with van der Waals surface area (Å²) in [5, 5.41) is 3.46. The van der Waals surface area contributed by atoms with Crippen molar-refractivity contribution in [2.45, 2.75) is 19.4 Å². The fourth-order valence-electron chi connectivity index (χ4n) is 1.40. The van der Waals surface area contributed by atoms with E-state index < -0.39 is 0 Å². The van der Waals surface area contributed by atoms with Gasteiger partial charge in [-0.3, -0.25) is 0 Å². The molecule has 15 heavy (non-hydrogen) atoms. The molecule has 0 saturated heterocycles. The van der Waals surface area contributed by atoms with Gasteiger partial charge in [-0.05, 0) is 37.6 Å². The highest BCUT2D eigenvalue weighted by molar-refractivity contribution is 9.10. The van der Waals surface area contributed by atoms with E-state index in [0.717, 1.165) is 24.0 Å². The van der Waals surface area contributed by atoms with Gasteiger partial charge < -0.3 is 10.1 Å². The first-order valence-corrected chi connectivity index (χ1v) is 6.01. The number of nitrogens with one attached hydrogen (secondary N) is 1. The van der Waals surface area contributed by atoms with Gasteiger partial charge in [0.2, 0.25) is 0 Å². The lowest BCUT2D eigenvalue weighted by Crippen LogP contribution is -2.20. The van der Waals surface area contributed by atoms with Crippen LogP contribution in [0.3, 0.4) is 0 Å². The van der Waals surface area contributed by atoms with Crippen LogP contribution in [-0.2, 0) is 4.74 Å². The lowest BCUT2D eigenvalue weighted by Gasteiger charge is -2.14. The summed E-state index contributed by atoms with van der Waals surface area (Å²) in [6.45, 7) is 3.99. The molecule has 1 N–H and O–H groups in total. The van der Waals surface area contributed by atoms with Crippen molar-refractivity contribution in [1.82, 2.24) is 5.32 Å². The molecule has 0 amide bonds. The van der Waals surface area contributed by atoms with Crippen molar-refractivity contribution in [1.29, 1.82) is 0 Å². The van der Waals surface area contributed by atoms with Crippen LogP contribution in [0.5, 0.6) is 0 Å². The zero-order valence-electron chi connectivity index (χ0n) is 9.29. The second kappa shape index (κ2) is 6.99. The molecule has 1 unspecified atom stereocenters. The third kappa shape index (κ3) is 4.78. The SMILES string of the molecule is COCCCNC(C)c1ccc(Br)cc1. The molecule has 1 aromatic carbocycles. The molecule has 0 aliphatic rings. The second-order valence-corrected chi connectivity index (χ2v) is 4.49. The van der Waals surface area contributed by atoms with Crippen molar-refractivity contribution >= 4 is 15.9 Å². The first kappa shape index (κ1) is 12.7. The molecule has 0 aliphatic carbocycles. The Hall–Kier alpha value is -0.380. The Morgan fingerprint density at radius 2 is 2.00 bits per heavy atom. The first-order valence-electron chi connectivity index (χ1n) is 5.22. The number of rotatable bonds is 6. The maximum atomic E-state index is 5.00. The largest absolute Gasteiger partial charge is 0.385 e. The number of halogens is 1. The summed E-state index contributed by atoms with van der Waals surface area (Å²) in [5.74, 6) is 0. The molecule has 1 rings (SSSR count). The zero-order valence-corrected chi connectivity index (χ0v) is 10.9. The fourth-order valence-corrected chi connectivity index (χ4v) is 1.67. The Morgan fingerprint density at radius 3 is 2.60 bits per heavy atom. The van der Waals surface area contributed by atoms with Crippen LogP contribution in [0.25, 0.3) is 0 Å². The van der Waals surface area contributed by atoms with E-state index in [0.29, 0.717) is 6.04 Å². The van der Waals surface area contributed by atoms with Gasteiger partial charge in [-0.15, -0.1) is 0 Å². The quantitative estimate of drug-likeness (QED) is 0.803. The van der Waals surface area contributed by atoms with Crippen LogP contribution in [0.1, 0.15) is 24.9 Å². The van der Waals surface area contributed by atoms with E-state index in [4.69, 9.17) is 4.74 Å². The number of methoxy groups -OCH3 is 1. The predicted molar refractivity (Wildman–Crippen MR) is 67.1 cm³/mol. The fraction of sp³-hybridized carbons (Fsp3) is 0.500. The molecular weight excluding hydrogens is 254 g/mol. The summed E-state index contributed by atoms with van der Waals surface area (Å²) in [5.41, 5.74) is 1.32. The number of ether oxygens (including phenoxy) is 1. The maximum Gasteiger partial charge on any atom is 0.0474 e. The van der Waals surface area contributed by atoms with E-state index in [1.807, 2.05) is 0 Å². The van der Waals surface area contributed by atoms with Crippen LogP contribution in [0.15, 0.2) is 28.7 Å². The van der Waals surface area contributed by atoms with Gasteiger partial charge in [0.1, 0.15) is 0 Å². The summed E-state index contributed by atoms with van der Waals surface area (Å²) >= 11 is 3.43. The Morgan fingerprint density at radius 1 is 1.33 bits per heavy atom. The van der Waals surface area contributed by atoms with Gasteiger partial charge in [0.15, 0.2) is 0 Å². The molecule has 84 valence electrons. The topological polar surface area (TPSA) is 21.3 Å². The summed E-state index contributed by atoms with van der Waals surface area (Å²) in [6, 6.07) is 8.82. The normalized spacial score (nSPS) is 12.7. The van der Waals surface area contributed by atoms with Crippen molar-refractivity contribution in [3.05, 3.63) is 34.3 Å². The minimum atomic E-state index is 0.398. The summed E-state index contributed by atoms with van der Waals surface area (Å²) in [4.78, 5) is 0. The van der Waals surface area contributed by atoms with Gasteiger partial charge in [0, 0.05) is 24.2 Å². The van der Waals surface area contributed by atoms with Crippen LogP contribution in [0.2, 0.25) is 0 Å². The predicted octanol–water partition coefficient (Wildman–Crippen LogP) is 3.14. The Bertz CT molecular complexity index is 273. The van der Waals surface area contributed by atoms with E-state index in [1.54, 1.807) is 7.11 Å². The molecule has 0 bridgehead atoms. The lowest BCUT2D eigenvalue weighted by atomic mass is 10.1. The van der Waals surface area contributed by atoms with Crippen molar-refractivity contribution in [2.24, 2.45) is 0 Å². The highest BCUT2D eigenvalue weighted by Crippen LogP contribution is 2.16. The average molecular weight is 272 g/mol. The molecule has 0 heterocycles. The maximum absolute atomic E-state index is 5.00. The van der Waals surface area contributed by atoms with Crippen molar-refractivity contribution in [3.63, 3.8) is 0 Å². The first-order chi connectivity index (χ1) is 7.24. The zero-order chi connectivity index (χ0) is 11.1. The van der Waals surface area contributed by atoms with Crippen LogP contribution in [0.4, 0.5) is 0 Å². The Balaban J connectivity index is 2.33. The third-order valence-electron chi connectivity index (χ3n) is 2.35. The van der Waals surface area contributed by atoms with E-state index >= 15 is 0 Å². The third-order valence-corrected chi connectivity index (χ3v) is 2.87. The van der Waals surface area contributed by atoms with Gasteiger partial charge in [-0.25, -0.2) is 0 Å². The summed E-state index contributed by atoms with van der Waals surface area (Å²) in [7, 11) is 1.73. The average Bonchev–Trinajstić information content (AvgIpc) is 2.25. The molecule has 0 aliphatic heterocycles. The number of benzene rings is 1. The lowest BCUT2D eigenvalue weighted by molar-refractivity contribution is 0.193. The van der Waals surface area contributed by atoms with Crippen LogP contribution in [-0.4, -0.2) is 20.3 Å². The van der Waals surface area contributed by atoms with Crippen molar-refractivity contribution in [2.75, 3.05) is 20.3 Å². The highest BCUT2D eigenvalue weighted by atomic mass is 79.9. The van der Waals surface area contributed by atoms with Crippen molar-refractivity contribution < 1.29 is 4.74 Å². The summed E-state index contributed by atoms with van der Waals surface area (Å²) < 4.78 is 6.12. The molecule has 0 radical (unpaired) electrons. The second-order valence-electron chi connectivity index (χ2n) is 3.57. The molecular formula is C12H18BrNO. The van der Waals surface area contributed by atoms with Crippen LogP contribution in [0, 0.1) is 0 Å². The van der Waals surface area contributed by atoms with E-state index in [1.165, 1.54) is 5.56 Å². The van der Waals surface area contributed by atoms with Gasteiger partial charge in [-0.1, -0.05) is 28.1 Å². The molecule has 3 heteroatoms. The van der Waals surface area contributed by atoms with E-state index in [-0.39, 0.29) is 0 Å². The van der Waals surface area contributed by atoms with Crippen LogP contribution >= 0.6 is 15.9 Å². The molecule has 2 nitrogen and oxygen atoms in total. The van der Waals surface area contributed by atoms with Crippen LogP contribution < -0.4 is 5.32 Å². The molecule has 0 fully saturated rings. The van der Waals surface area contributed by atoms with Gasteiger partial charge in [-0.2, -0.15) is 0 Å². The minimum Gasteiger partial charge on any atom is -0.385 e. The Kier molecular flexibility index (Phi) is 5.91. The number of hydrogen-bond acceptors (Lipinski definition) is 2. The minimum absolute atomic E-state index is 0.398. The van der Waals surface area contributed by atoms with Gasteiger partial charge >= 0.3 is 0 Å². The summed E-state index contributed by atoms with van der Waals surface area (Å²) in [6.07, 6.45) is 1.05. The molecule has 1 aromatic rings. The molecule has 0 spiro atoms. The van der Waals surface area contributed by atoms with E-state index in [2.05, 4.69) is 52.4 Å². The molecule has 0 aromatic heterocycles. The smallest absolute Gasteiger partial charge is 0.0474 e. The van der Waals surface area contributed by atoms with E-state index in [9.17, 15) is 0 Å². The standard InChI is InChI=1S/C12H18BrNO/c1-10(14-8-3-9-15-2)11-4-6-12(13)7-5-11/h4-7,10,14H,3,8-9H2,1-2H3. The monoisotopic (exact) mass is 271 g/mol.